The van der Waals surface area contributed by atoms with Crippen LogP contribution in [0.4, 0.5) is 0 Å². The van der Waals surface area contributed by atoms with Crippen molar-refractivity contribution in [3.63, 3.8) is 0 Å². The second-order valence-electron chi connectivity index (χ2n) is 4.73. The molecule has 0 aromatic carbocycles. The molecular weight excluding hydrogens is 248 g/mol. The largest absolute Gasteiger partial charge is 0.275 e. The zero-order valence-electron chi connectivity index (χ0n) is 10.4. The van der Waals surface area contributed by atoms with Crippen LogP contribution in [-0.4, -0.2) is 19.7 Å². The molecule has 0 fully saturated rings. The predicted octanol–water partition coefficient (Wildman–Crippen LogP) is 2.80. The summed E-state index contributed by atoms with van der Waals surface area (Å²) in [6.07, 6.45) is 9.31. The summed E-state index contributed by atoms with van der Waals surface area (Å²) < 4.78 is 1.75. The molecule has 0 bridgehead atoms. The first-order valence-corrected chi connectivity index (χ1v) is 6.66. The van der Waals surface area contributed by atoms with Crippen molar-refractivity contribution in [2.24, 2.45) is 7.05 Å². The van der Waals surface area contributed by atoms with E-state index in [4.69, 9.17) is 11.6 Å². The van der Waals surface area contributed by atoms with E-state index in [-0.39, 0.29) is 0 Å². The van der Waals surface area contributed by atoms with Crippen LogP contribution in [0.25, 0.3) is 11.4 Å². The molecule has 0 saturated heterocycles. The van der Waals surface area contributed by atoms with E-state index in [1.807, 2.05) is 13.2 Å². The molecule has 2 aromatic heterocycles. The van der Waals surface area contributed by atoms with Crippen molar-refractivity contribution in [1.29, 1.82) is 0 Å². The highest BCUT2D eigenvalue weighted by Gasteiger charge is 2.16. The molecule has 2 aromatic rings. The molecule has 1 aliphatic carbocycles. The highest BCUT2D eigenvalue weighted by molar-refractivity contribution is 6.30. The number of fused-ring (bicyclic) bond motifs is 1. The van der Waals surface area contributed by atoms with Crippen molar-refractivity contribution < 1.29 is 0 Å². The van der Waals surface area contributed by atoms with Gasteiger partial charge in [-0.1, -0.05) is 18.0 Å². The summed E-state index contributed by atoms with van der Waals surface area (Å²) in [5, 5.41) is 4.76. The van der Waals surface area contributed by atoms with Gasteiger partial charge in [-0.25, -0.2) is 9.97 Å². The summed E-state index contributed by atoms with van der Waals surface area (Å²) in [6.45, 7) is 0. The molecule has 0 saturated carbocycles. The third-order valence-electron chi connectivity index (χ3n) is 3.35. The van der Waals surface area contributed by atoms with Gasteiger partial charge in [-0.2, -0.15) is 5.10 Å². The number of hydrogen-bond acceptors (Lipinski definition) is 3. The standard InChI is InChI=1S/C13H15ClN4/c1-18-8-9(7-15-18)13-16-11-6-4-2-3-5-10(11)12(14)17-13/h7-8H,2-6H2,1H3. The minimum absolute atomic E-state index is 0.612. The Balaban J connectivity index is 2.07. The Morgan fingerprint density at radius 2 is 2.00 bits per heavy atom. The van der Waals surface area contributed by atoms with E-state index >= 15 is 0 Å². The van der Waals surface area contributed by atoms with E-state index in [2.05, 4.69) is 15.1 Å². The summed E-state index contributed by atoms with van der Waals surface area (Å²) in [5.74, 6) is 0.689. The Bertz CT molecular complexity index is 576. The van der Waals surface area contributed by atoms with Crippen molar-refractivity contribution >= 4 is 11.6 Å². The van der Waals surface area contributed by atoms with Gasteiger partial charge in [0.15, 0.2) is 5.82 Å². The van der Waals surface area contributed by atoms with Gasteiger partial charge in [-0.3, -0.25) is 4.68 Å². The normalized spacial score (nSPS) is 15.2. The fraction of sp³-hybridized carbons (Fsp3) is 0.462. The van der Waals surface area contributed by atoms with Crippen LogP contribution >= 0.6 is 11.6 Å². The number of halogens is 1. The van der Waals surface area contributed by atoms with Crippen LogP contribution in [0.15, 0.2) is 12.4 Å². The lowest BCUT2D eigenvalue weighted by Crippen LogP contribution is -2.01. The molecule has 0 spiro atoms. The molecule has 5 heteroatoms. The Morgan fingerprint density at radius 3 is 2.78 bits per heavy atom. The van der Waals surface area contributed by atoms with E-state index in [0.717, 1.165) is 29.7 Å². The van der Waals surface area contributed by atoms with Gasteiger partial charge >= 0.3 is 0 Å². The molecule has 0 N–H and O–H groups in total. The Hall–Kier alpha value is -1.42. The van der Waals surface area contributed by atoms with Crippen LogP contribution in [0.5, 0.6) is 0 Å². The van der Waals surface area contributed by atoms with Crippen LogP contribution in [0.3, 0.4) is 0 Å². The van der Waals surface area contributed by atoms with E-state index in [0.29, 0.717) is 11.0 Å². The van der Waals surface area contributed by atoms with Gasteiger partial charge in [0, 0.05) is 24.5 Å². The maximum absolute atomic E-state index is 6.30. The minimum atomic E-state index is 0.612. The van der Waals surface area contributed by atoms with Crippen molar-refractivity contribution in [3.05, 3.63) is 28.8 Å². The highest BCUT2D eigenvalue weighted by atomic mass is 35.5. The molecule has 94 valence electrons. The summed E-state index contributed by atoms with van der Waals surface area (Å²) in [4.78, 5) is 9.08. The average molecular weight is 263 g/mol. The molecule has 0 unspecified atom stereocenters. The number of rotatable bonds is 1. The van der Waals surface area contributed by atoms with Crippen LogP contribution in [0.2, 0.25) is 5.15 Å². The first-order valence-electron chi connectivity index (χ1n) is 6.28. The maximum atomic E-state index is 6.30. The van der Waals surface area contributed by atoms with E-state index in [1.54, 1.807) is 10.9 Å². The lowest BCUT2D eigenvalue weighted by atomic mass is 10.1. The third kappa shape index (κ3) is 2.12. The SMILES string of the molecule is Cn1cc(-c2nc(Cl)c3c(n2)CCCCC3)cn1. The zero-order chi connectivity index (χ0) is 12.5. The molecule has 18 heavy (non-hydrogen) atoms. The van der Waals surface area contributed by atoms with Crippen molar-refractivity contribution in [2.75, 3.05) is 0 Å². The molecule has 2 heterocycles. The number of nitrogens with zero attached hydrogens (tertiary/aromatic N) is 4. The summed E-state index contributed by atoms with van der Waals surface area (Å²) in [6, 6.07) is 0. The van der Waals surface area contributed by atoms with Gasteiger partial charge in [0.25, 0.3) is 0 Å². The molecule has 1 aliphatic rings. The predicted molar refractivity (Wildman–Crippen MR) is 70.5 cm³/mol. The third-order valence-corrected chi connectivity index (χ3v) is 3.66. The van der Waals surface area contributed by atoms with E-state index < -0.39 is 0 Å². The Morgan fingerprint density at radius 1 is 1.17 bits per heavy atom. The van der Waals surface area contributed by atoms with Gasteiger partial charge in [0.05, 0.1) is 11.8 Å². The smallest absolute Gasteiger partial charge is 0.164 e. The first kappa shape index (κ1) is 11.7. The van der Waals surface area contributed by atoms with E-state index in [1.165, 1.54) is 19.3 Å². The topological polar surface area (TPSA) is 43.6 Å². The minimum Gasteiger partial charge on any atom is -0.275 e. The zero-order valence-corrected chi connectivity index (χ0v) is 11.1. The van der Waals surface area contributed by atoms with Gasteiger partial charge < -0.3 is 0 Å². The second-order valence-corrected chi connectivity index (χ2v) is 5.08. The fourth-order valence-electron chi connectivity index (χ4n) is 2.39. The number of aryl methyl sites for hydroxylation is 2. The monoisotopic (exact) mass is 262 g/mol. The number of hydrogen-bond donors (Lipinski definition) is 0. The molecule has 3 rings (SSSR count). The average Bonchev–Trinajstić information content (AvgIpc) is 2.63. The summed E-state index contributed by atoms with van der Waals surface area (Å²) in [7, 11) is 1.88. The van der Waals surface area contributed by atoms with Crippen LogP contribution in [0, 0.1) is 0 Å². The molecule has 0 radical (unpaired) electrons. The van der Waals surface area contributed by atoms with E-state index in [9.17, 15) is 0 Å². The summed E-state index contributed by atoms with van der Waals surface area (Å²) in [5.41, 5.74) is 3.18. The Labute approximate surface area is 111 Å². The van der Waals surface area contributed by atoms with Gasteiger partial charge in [-0.05, 0) is 25.7 Å². The van der Waals surface area contributed by atoms with Gasteiger partial charge in [0.2, 0.25) is 0 Å². The molecule has 0 amide bonds. The number of aromatic nitrogens is 4. The summed E-state index contributed by atoms with van der Waals surface area (Å²) >= 11 is 6.30. The van der Waals surface area contributed by atoms with Crippen molar-refractivity contribution in [1.82, 2.24) is 19.7 Å². The maximum Gasteiger partial charge on any atom is 0.164 e. The molecule has 0 atom stereocenters. The molecule has 0 aliphatic heterocycles. The van der Waals surface area contributed by atoms with Crippen molar-refractivity contribution in [3.8, 4) is 11.4 Å². The Kier molecular flexibility index (Phi) is 3.04. The van der Waals surface area contributed by atoms with Gasteiger partial charge in [0.1, 0.15) is 5.15 Å². The molecule has 4 nitrogen and oxygen atoms in total. The first-order chi connectivity index (χ1) is 8.74. The molecular formula is C13H15ClN4. The lowest BCUT2D eigenvalue weighted by molar-refractivity contribution is 0.709. The van der Waals surface area contributed by atoms with Crippen LogP contribution < -0.4 is 0 Å². The quantitative estimate of drug-likeness (QED) is 0.586. The van der Waals surface area contributed by atoms with Crippen molar-refractivity contribution in [2.45, 2.75) is 32.1 Å². The second kappa shape index (κ2) is 4.69. The van der Waals surface area contributed by atoms with Crippen LogP contribution in [-0.2, 0) is 19.9 Å². The fourth-order valence-corrected chi connectivity index (χ4v) is 2.67. The van der Waals surface area contributed by atoms with Gasteiger partial charge in [-0.15, -0.1) is 0 Å². The van der Waals surface area contributed by atoms with Crippen LogP contribution in [0.1, 0.15) is 30.5 Å². The lowest BCUT2D eigenvalue weighted by Gasteiger charge is -2.08. The highest BCUT2D eigenvalue weighted by Crippen LogP contribution is 2.27.